The zero-order chi connectivity index (χ0) is 14.5. The van der Waals surface area contributed by atoms with Crippen molar-refractivity contribution in [2.45, 2.75) is 38.3 Å². The van der Waals surface area contributed by atoms with Gasteiger partial charge >= 0.3 is 0 Å². The van der Waals surface area contributed by atoms with Crippen molar-refractivity contribution in [3.05, 3.63) is 29.3 Å². The van der Waals surface area contributed by atoms with Crippen LogP contribution in [0.15, 0.2) is 18.2 Å². The van der Waals surface area contributed by atoms with E-state index in [1.54, 1.807) is 6.92 Å². The van der Waals surface area contributed by atoms with Crippen molar-refractivity contribution in [3.63, 3.8) is 0 Å². The van der Waals surface area contributed by atoms with Gasteiger partial charge in [-0.15, -0.1) is 6.42 Å². The molecule has 0 heterocycles. The van der Waals surface area contributed by atoms with Crippen molar-refractivity contribution in [3.8, 4) is 18.1 Å². The van der Waals surface area contributed by atoms with Gasteiger partial charge in [0.1, 0.15) is 5.75 Å². The van der Waals surface area contributed by atoms with E-state index in [9.17, 15) is 4.79 Å². The first-order chi connectivity index (χ1) is 9.63. The van der Waals surface area contributed by atoms with E-state index < -0.39 is 6.10 Å². The van der Waals surface area contributed by atoms with Gasteiger partial charge in [-0.25, -0.2) is 0 Å². The summed E-state index contributed by atoms with van der Waals surface area (Å²) in [6, 6.07) is 5.91. The van der Waals surface area contributed by atoms with Crippen LogP contribution >= 0.6 is 0 Å². The van der Waals surface area contributed by atoms with Crippen molar-refractivity contribution in [2.75, 3.05) is 6.54 Å². The van der Waals surface area contributed by atoms with Crippen LogP contribution in [0.5, 0.6) is 5.75 Å². The molecular formula is C16H20N2O2. The van der Waals surface area contributed by atoms with E-state index in [2.05, 4.69) is 11.2 Å². The maximum Gasteiger partial charge on any atom is 0.261 e. The van der Waals surface area contributed by atoms with Gasteiger partial charge in [-0.2, -0.15) is 0 Å². The number of ether oxygens (including phenoxy) is 1. The average molecular weight is 272 g/mol. The number of fused-ring (bicyclic) bond motifs is 1. The van der Waals surface area contributed by atoms with Crippen LogP contribution in [0.4, 0.5) is 0 Å². The van der Waals surface area contributed by atoms with E-state index in [0.717, 1.165) is 36.1 Å². The molecule has 1 aromatic rings. The molecule has 0 radical (unpaired) electrons. The molecule has 0 aromatic heterocycles. The van der Waals surface area contributed by atoms with Crippen LogP contribution in [0.2, 0.25) is 0 Å². The predicted molar refractivity (Wildman–Crippen MR) is 78.2 cm³/mol. The fourth-order valence-corrected chi connectivity index (χ4v) is 2.49. The number of nitrogens with two attached hydrogens (primary N) is 1. The average Bonchev–Trinajstić information content (AvgIpc) is 2.45. The fraction of sp³-hybridized carbons (Fsp3) is 0.438. The lowest BCUT2D eigenvalue weighted by Gasteiger charge is -2.25. The zero-order valence-electron chi connectivity index (χ0n) is 11.7. The minimum Gasteiger partial charge on any atom is -0.481 e. The van der Waals surface area contributed by atoms with E-state index in [4.69, 9.17) is 16.9 Å². The number of nitrogens with one attached hydrogen (secondary N) is 1. The Morgan fingerprint density at radius 3 is 3.20 bits per heavy atom. The minimum absolute atomic E-state index is 0.0628. The lowest BCUT2D eigenvalue weighted by molar-refractivity contribution is -0.127. The van der Waals surface area contributed by atoms with Gasteiger partial charge in [0.15, 0.2) is 6.10 Å². The highest BCUT2D eigenvalue weighted by Gasteiger charge is 2.22. The highest BCUT2D eigenvalue weighted by atomic mass is 16.5. The highest BCUT2D eigenvalue weighted by molar-refractivity contribution is 5.81. The fourth-order valence-electron chi connectivity index (χ4n) is 2.49. The van der Waals surface area contributed by atoms with E-state index in [1.807, 2.05) is 18.2 Å². The molecule has 2 atom stereocenters. The number of rotatable bonds is 4. The van der Waals surface area contributed by atoms with Crippen LogP contribution in [-0.2, 0) is 11.2 Å². The van der Waals surface area contributed by atoms with Gasteiger partial charge in [-0.05, 0) is 43.4 Å². The van der Waals surface area contributed by atoms with Gasteiger partial charge in [0, 0.05) is 6.04 Å². The quantitative estimate of drug-likeness (QED) is 0.817. The smallest absolute Gasteiger partial charge is 0.261 e. The largest absolute Gasteiger partial charge is 0.481 e. The molecule has 0 fully saturated rings. The Bertz CT molecular complexity index is 534. The maximum atomic E-state index is 11.8. The number of carbonyl (C=O) groups excluding carboxylic acids is 1. The SMILES string of the molecule is C#CCNC(=O)C(C)Oc1cccc2c1CCCC2N. The molecular weight excluding hydrogens is 252 g/mol. The molecule has 0 saturated heterocycles. The monoisotopic (exact) mass is 272 g/mol. The third-order valence-corrected chi connectivity index (χ3v) is 3.55. The van der Waals surface area contributed by atoms with Gasteiger partial charge in [0.2, 0.25) is 0 Å². The molecule has 1 amide bonds. The van der Waals surface area contributed by atoms with Crippen LogP contribution < -0.4 is 15.8 Å². The van der Waals surface area contributed by atoms with Crippen molar-refractivity contribution in [1.82, 2.24) is 5.32 Å². The normalized spacial score (nSPS) is 18.6. The molecule has 4 nitrogen and oxygen atoms in total. The summed E-state index contributed by atoms with van der Waals surface area (Å²) in [5, 5.41) is 2.62. The number of carbonyl (C=O) groups is 1. The first-order valence-corrected chi connectivity index (χ1v) is 6.88. The number of hydrogen-bond acceptors (Lipinski definition) is 3. The Balaban J connectivity index is 2.12. The van der Waals surface area contributed by atoms with Crippen LogP contribution in [0, 0.1) is 12.3 Å². The summed E-state index contributed by atoms with van der Waals surface area (Å²) in [5.41, 5.74) is 8.37. The summed E-state index contributed by atoms with van der Waals surface area (Å²) in [6.45, 7) is 1.93. The highest BCUT2D eigenvalue weighted by Crippen LogP contribution is 2.34. The predicted octanol–water partition coefficient (Wildman–Crippen LogP) is 1.54. The van der Waals surface area contributed by atoms with Gasteiger partial charge in [0.05, 0.1) is 6.54 Å². The molecule has 20 heavy (non-hydrogen) atoms. The van der Waals surface area contributed by atoms with Crippen LogP contribution in [-0.4, -0.2) is 18.6 Å². The summed E-state index contributed by atoms with van der Waals surface area (Å²) in [5.74, 6) is 2.91. The van der Waals surface area contributed by atoms with Gasteiger partial charge in [-0.3, -0.25) is 4.79 Å². The Morgan fingerprint density at radius 2 is 2.45 bits per heavy atom. The second-order valence-corrected chi connectivity index (χ2v) is 5.00. The summed E-state index contributed by atoms with van der Waals surface area (Å²) in [6.07, 6.45) is 7.53. The van der Waals surface area contributed by atoms with Crippen LogP contribution in [0.1, 0.15) is 36.9 Å². The lowest BCUT2D eigenvalue weighted by Crippen LogP contribution is -2.36. The number of amides is 1. The molecule has 4 heteroatoms. The van der Waals surface area contributed by atoms with Crippen LogP contribution in [0.25, 0.3) is 0 Å². The van der Waals surface area contributed by atoms with Crippen molar-refractivity contribution < 1.29 is 9.53 Å². The molecule has 0 saturated carbocycles. The van der Waals surface area contributed by atoms with Crippen molar-refractivity contribution >= 4 is 5.91 Å². The molecule has 0 aliphatic heterocycles. The van der Waals surface area contributed by atoms with Crippen LogP contribution in [0.3, 0.4) is 0 Å². The summed E-state index contributed by atoms with van der Waals surface area (Å²) in [4.78, 5) is 11.8. The second-order valence-electron chi connectivity index (χ2n) is 5.00. The molecule has 1 aliphatic rings. The maximum absolute atomic E-state index is 11.8. The Morgan fingerprint density at radius 1 is 1.65 bits per heavy atom. The Hall–Kier alpha value is -1.99. The second kappa shape index (κ2) is 6.44. The minimum atomic E-state index is -0.576. The molecule has 0 bridgehead atoms. The van der Waals surface area contributed by atoms with Gasteiger partial charge in [0.25, 0.3) is 5.91 Å². The lowest BCUT2D eigenvalue weighted by atomic mass is 9.87. The molecule has 106 valence electrons. The summed E-state index contributed by atoms with van der Waals surface area (Å²) < 4.78 is 5.78. The van der Waals surface area contributed by atoms with Crippen molar-refractivity contribution in [2.24, 2.45) is 5.73 Å². The molecule has 1 aliphatic carbocycles. The third kappa shape index (κ3) is 3.12. The summed E-state index contributed by atoms with van der Waals surface area (Å²) in [7, 11) is 0. The number of terminal acetylenes is 1. The number of benzene rings is 1. The number of hydrogen-bond donors (Lipinski definition) is 2. The molecule has 2 rings (SSSR count). The van der Waals surface area contributed by atoms with E-state index in [0.29, 0.717) is 0 Å². The topological polar surface area (TPSA) is 64.3 Å². The standard InChI is InChI=1S/C16H20N2O2/c1-3-10-18-16(19)11(2)20-15-9-5-6-12-13(15)7-4-8-14(12)17/h1,5-6,9,11,14H,4,7-8,10,17H2,2H3,(H,18,19). The van der Waals surface area contributed by atoms with E-state index in [-0.39, 0.29) is 18.5 Å². The molecule has 2 unspecified atom stereocenters. The molecule has 3 N–H and O–H groups in total. The Labute approximate surface area is 119 Å². The molecule has 0 spiro atoms. The van der Waals surface area contributed by atoms with E-state index in [1.165, 1.54) is 0 Å². The first-order valence-electron chi connectivity index (χ1n) is 6.88. The first kappa shape index (κ1) is 14.4. The van der Waals surface area contributed by atoms with Gasteiger partial charge in [-0.1, -0.05) is 18.1 Å². The molecule has 1 aromatic carbocycles. The van der Waals surface area contributed by atoms with Crippen molar-refractivity contribution in [1.29, 1.82) is 0 Å². The third-order valence-electron chi connectivity index (χ3n) is 3.55. The zero-order valence-corrected chi connectivity index (χ0v) is 11.7. The Kier molecular flexibility index (Phi) is 4.65. The van der Waals surface area contributed by atoms with E-state index >= 15 is 0 Å². The van der Waals surface area contributed by atoms with Gasteiger partial charge < -0.3 is 15.8 Å². The summed E-state index contributed by atoms with van der Waals surface area (Å²) >= 11 is 0.